The van der Waals surface area contributed by atoms with Crippen LogP contribution >= 0.6 is 11.6 Å². The molecular weight excluding hydrogens is 520 g/mol. The lowest BCUT2D eigenvalue weighted by molar-refractivity contribution is -0.118. The highest BCUT2D eigenvalue weighted by Crippen LogP contribution is 2.32. The van der Waals surface area contributed by atoms with Crippen molar-refractivity contribution in [1.82, 2.24) is 4.57 Å². The van der Waals surface area contributed by atoms with E-state index in [1.807, 2.05) is 60.7 Å². The number of fused-ring (bicyclic) bond motifs is 3. The molecule has 0 bridgehead atoms. The van der Waals surface area contributed by atoms with Gasteiger partial charge in [0, 0.05) is 77.3 Å². The smallest absolute Gasteiger partial charge is 0.225 e. The molecule has 2 amide bonds. The lowest BCUT2D eigenvalue weighted by Crippen LogP contribution is -2.20. The average molecular weight is 551 g/mol. The van der Waals surface area contributed by atoms with Crippen molar-refractivity contribution < 1.29 is 9.59 Å². The minimum absolute atomic E-state index is 0.147. The van der Waals surface area contributed by atoms with Gasteiger partial charge in [0.25, 0.3) is 0 Å². The molecule has 0 aliphatic rings. The van der Waals surface area contributed by atoms with E-state index in [0.717, 1.165) is 39.6 Å². The maximum absolute atomic E-state index is 13.3. The zero-order chi connectivity index (χ0) is 28.1. The largest absolute Gasteiger partial charge is 0.341 e. The van der Waals surface area contributed by atoms with Crippen LogP contribution in [0.3, 0.4) is 0 Å². The molecule has 5 rings (SSSR count). The average Bonchev–Trinajstić information content (AvgIpc) is 3.27. The number of carbonyl (C=O) groups excluding carboxylic acids is 2. The summed E-state index contributed by atoms with van der Waals surface area (Å²) in [7, 11) is 1.68. The second-order valence-electron chi connectivity index (χ2n) is 9.73. The highest BCUT2D eigenvalue weighted by atomic mass is 35.5. The van der Waals surface area contributed by atoms with E-state index in [1.54, 1.807) is 25.4 Å². The van der Waals surface area contributed by atoms with Gasteiger partial charge in [0.1, 0.15) is 0 Å². The highest BCUT2D eigenvalue weighted by Gasteiger charge is 2.21. The quantitative estimate of drug-likeness (QED) is 0.185. The van der Waals surface area contributed by atoms with Crippen LogP contribution in [0.5, 0.6) is 0 Å². The number of amides is 2. The summed E-state index contributed by atoms with van der Waals surface area (Å²) in [5, 5.41) is 8.74. The van der Waals surface area contributed by atoms with Gasteiger partial charge in [0.2, 0.25) is 11.8 Å². The Labute approximate surface area is 238 Å². The molecule has 0 saturated heterocycles. The topological polar surface area (TPSA) is 75.5 Å². The van der Waals surface area contributed by atoms with Crippen LogP contribution in [0.1, 0.15) is 36.8 Å². The molecule has 1 aromatic heterocycles. The fraction of sp³-hybridized carbons (Fsp3) is 0.182. The van der Waals surface area contributed by atoms with Crippen molar-refractivity contribution in [3.63, 3.8) is 0 Å². The fourth-order valence-electron chi connectivity index (χ4n) is 5.23. The predicted octanol–water partition coefficient (Wildman–Crippen LogP) is 7.66. The number of halogens is 1. The summed E-state index contributed by atoms with van der Waals surface area (Å²) in [6.45, 7) is 2.99. The third-order valence-electron chi connectivity index (χ3n) is 7.06. The van der Waals surface area contributed by atoms with E-state index in [4.69, 9.17) is 11.6 Å². The molecule has 40 heavy (non-hydrogen) atoms. The number of nitrogens with one attached hydrogen (secondary N) is 2. The molecule has 1 atom stereocenters. The summed E-state index contributed by atoms with van der Waals surface area (Å²) in [4.78, 5) is 30.3. The van der Waals surface area contributed by atoms with E-state index in [2.05, 4.69) is 45.3 Å². The normalized spacial score (nSPS) is 12.2. The number of aliphatic imine (C=N–C) groups is 1. The first-order valence-corrected chi connectivity index (χ1v) is 13.7. The van der Waals surface area contributed by atoms with Gasteiger partial charge in [-0.2, -0.15) is 0 Å². The lowest BCUT2D eigenvalue weighted by Gasteiger charge is -2.17. The summed E-state index contributed by atoms with van der Waals surface area (Å²) < 4.78 is 2.28. The van der Waals surface area contributed by atoms with E-state index >= 15 is 0 Å². The first-order valence-electron chi connectivity index (χ1n) is 13.3. The Morgan fingerprint density at radius 1 is 0.825 bits per heavy atom. The minimum Gasteiger partial charge on any atom is -0.341 e. The molecule has 2 N–H and O–H groups in total. The first kappa shape index (κ1) is 27.2. The van der Waals surface area contributed by atoms with Crippen molar-refractivity contribution in [2.75, 3.05) is 17.7 Å². The SMILES string of the molecule is CCn1c2ccccc2c2cc(NC(=O)CC(CC(=O)Nc3ccc(C=NC)c(Cl)c3)c3ccccc3)ccc21. The number of anilines is 2. The number of hydrogen-bond donors (Lipinski definition) is 2. The monoisotopic (exact) mass is 550 g/mol. The molecule has 7 heteroatoms. The van der Waals surface area contributed by atoms with Crippen molar-refractivity contribution in [2.24, 2.45) is 4.99 Å². The van der Waals surface area contributed by atoms with E-state index in [-0.39, 0.29) is 30.6 Å². The van der Waals surface area contributed by atoms with Gasteiger partial charge in [-0.3, -0.25) is 14.6 Å². The van der Waals surface area contributed by atoms with Crippen LogP contribution in [0.15, 0.2) is 96.0 Å². The zero-order valence-corrected chi connectivity index (χ0v) is 23.3. The fourth-order valence-corrected chi connectivity index (χ4v) is 5.45. The van der Waals surface area contributed by atoms with Gasteiger partial charge < -0.3 is 15.2 Å². The first-order chi connectivity index (χ1) is 19.5. The molecule has 4 aromatic carbocycles. The Bertz CT molecular complexity index is 1710. The highest BCUT2D eigenvalue weighted by molar-refractivity contribution is 6.33. The summed E-state index contributed by atoms with van der Waals surface area (Å²) in [6, 6.07) is 29.3. The van der Waals surface area contributed by atoms with E-state index in [0.29, 0.717) is 10.7 Å². The van der Waals surface area contributed by atoms with Crippen molar-refractivity contribution in [2.45, 2.75) is 32.2 Å². The number of hydrogen-bond acceptors (Lipinski definition) is 3. The molecule has 6 nitrogen and oxygen atoms in total. The molecule has 0 aliphatic carbocycles. The Morgan fingerprint density at radius 3 is 2.12 bits per heavy atom. The van der Waals surface area contributed by atoms with E-state index in [1.165, 1.54) is 5.52 Å². The summed E-state index contributed by atoms with van der Waals surface area (Å²) in [5.41, 5.74) is 5.35. The van der Waals surface area contributed by atoms with Crippen LogP contribution in [0.25, 0.3) is 21.8 Å². The number of nitrogens with zero attached hydrogens (tertiary/aromatic N) is 2. The Morgan fingerprint density at radius 2 is 1.45 bits per heavy atom. The molecule has 5 aromatic rings. The molecule has 0 fully saturated rings. The van der Waals surface area contributed by atoms with Crippen molar-refractivity contribution in [3.05, 3.63) is 107 Å². The minimum atomic E-state index is -0.297. The summed E-state index contributed by atoms with van der Waals surface area (Å²) >= 11 is 6.32. The molecule has 202 valence electrons. The van der Waals surface area contributed by atoms with E-state index < -0.39 is 0 Å². The molecule has 0 radical (unpaired) electrons. The third kappa shape index (κ3) is 5.92. The van der Waals surface area contributed by atoms with Gasteiger partial charge in [-0.25, -0.2) is 0 Å². The molecule has 0 aliphatic heterocycles. The van der Waals surface area contributed by atoms with Crippen LogP contribution in [0.2, 0.25) is 5.02 Å². The number of benzene rings is 4. The molecule has 0 spiro atoms. The second-order valence-corrected chi connectivity index (χ2v) is 10.1. The van der Waals surface area contributed by atoms with Gasteiger partial charge >= 0.3 is 0 Å². The number of rotatable bonds is 9. The maximum Gasteiger partial charge on any atom is 0.225 e. The van der Waals surface area contributed by atoms with Crippen molar-refractivity contribution in [1.29, 1.82) is 0 Å². The van der Waals surface area contributed by atoms with Gasteiger partial charge in [-0.15, -0.1) is 0 Å². The van der Waals surface area contributed by atoms with Gasteiger partial charge in [0.05, 0.1) is 5.02 Å². The third-order valence-corrected chi connectivity index (χ3v) is 7.39. The zero-order valence-electron chi connectivity index (χ0n) is 22.5. The van der Waals surface area contributed by atoms with Gasteiger partial charge in [-0.05, 0) is 55.0 Å². The van der Waals surface area contributed by atoms with Crippen LogP contribution in [-0.4, -0.2) is 29.6 Å². The molecular formula is C33H31ClN4O2. The van der Waals surface area contributed by atoms with Gasteiger partial charge in [-0.1, -0.05) is 60.1 Å². The molecule has 1 heterocycles. The summed E-state index contributed by atoms with van der Waals surface area (Å²) in [6.07, 6.45) is 1.98. The lowest BCUT2D eigenvalue weighted by atomic mass is 9.91. The standard InChI is InChI=1S/C33H31ClN4O2/c1-3-38-30-12-8-7-11-27(30)28-19-25(15-16-31(28)38)36-32(39)17-24(22-9-5-4-6-10-22)18-33(40)37-26-14-13-23(21-35-2)29(34)20-26/h4-16,19-21,24H,3,17-18H2,1-2H3,(H,36,39)(H,37,40). The number of para-hydroxylation sites is 1. The Balaban J connectivity index is 1.32. The van der Waals surface area contributed by atoms with E-state index in [9.17, 15) is 9.59 Å². The van der Waals surface area contributed by atoms with Crippen LogP contribution < -0.4 is 10.6 Å². The van der Waals surface area contributed by atoms with Crippen molar-refractivity contribution >= 4 is 62.8 Å². The predicted molar refractivity (Wildman–Crippen MR) is 166 cm³/mol. The second kappa shape index (κ2) is 12.2. The number of carbonyl (C=O) groups is 2. The molecule has 0 saturated carbocycles. The summed E-state index contributed by atoms with van der Waals surface area (Å²) in [5.74, 6) is -0.635. The van der Waals surface area contributed by atoms with Crippen molar-refractivity contribution in [3.8, 4) is 0 Å². The van der Waals surface area contributed by atoms with Crippen LogP contribution in [0, 0.1) is 0 Å². The maximum atomic E-state index is 13.3. The van der Waals surface area contributed by atoms with Crippen LogP contribution in [0.4, 0.5) is 11.4 Å². The Kier molecular flexibility index (Phi) is 8.27. The molecule has 1 unspecified atom stereocenters. The Hall–Kier alpha value is -4.42. The number of aromatic nitrogens is 1. The number of aryl methyl sites for hydroxylation is 1. The van der Waals surface area contributed by atoms with Gasteiger partial charge in [0.15, 0.2) is 0 Å². The van der Waals surface area contributed by atoms with Crippen LogP contribution in [-0.2, 0) is 16.1 Å².